The van der Waals surface area contributed by atoms with Crippen molar-refractivity contribution in [1.82, 2.24) is 15.8 Å². The molecule has 0 radical (unpaired) electrons. The van der Waals surface area contributed by atoms with Crippen LogP contribution in [0.15, 0.2) is 54.6 Å². The molecule has 1 atom stereocenters. The fourth-order valence-electron chi connectivity index (χ4n) is 3.03. The number of amides is 4. The van der Waals surface area contributed by atoms with Gasteiger partial charge in [0.2, 0.25) is 5.91 Å². The third-order valence-electron chi connectivity index (χ3n) is 4.52. The average molecular weight is 401 g/mol. The summed E-state index contributed by atoms with van der Waals surface area (Å²) in [7, 11) is 0. The molecule has 0 bridgehead atoms. The molecule has 1 saturated heterocycles. The molecule has 2 aromatic rings. The number of hydrogen-bond acceptors (Lipinski definition) is 3. The van der Waals surface area contributed by atoms with E-state index in [1.54, 1.807) is 41.3 Å². The van der Waals surface area contributed by atoms with Crippen molar-refractivity contribution in [3.05, 3.63) is 65.2 Å². The fraction of sp³-hybridized carbons (Fsp3) is 0.250. The van der Waals surface area contributed by atoms with Crippen LogP contribution < -0.4 is 16.2 Å². The second-order valence-electron chi connectivity index (χ2n) is 6.50. The number of nitrogens with zero attached hydrogens (tertiary/aromatic N) is 1. The minimum absolute atomic E-state index is 0.246. The van der Waals surface area contributed by atoms with Crippen molar-refractivity contribution in [1.29, 1.82) is 0 Å². The van der Waals surface area contributed by atoms with Crippen molar-refractivity contribution in [2.75, 3.05) is 18.4 Å². The largest absolute Gasteiger partial charge is 0.324 e. The van der Waals surface area contributed by atoms with E-state index in [0.717, 1.165) is 0 Å². The van der Waals surface area contributed by atoms with Crippen LogP contribution in [0.25, 0.3) is 0 Å². The Balaban J connectivity index is 1.52. The molecule has 0 saturated carbocycles. The lowest BCUT2D eigenvalue weighted by molar-refractivity contribution is -0.127. The Labute approximate surface area is 168 Å². The van der Waals surface area contributed by atoms with Crippen LogP contribution in [-0.2, 0) is 4.79 Å². The summed E-state index contributed by atoms with van der Waals surface area (Å²) < 4.78 is 0. The highest BCUT2D eigenvalue weighted by molar-refractivity contribution is 6.33. The van der Waals surface area contributed by atoms with E-state index >= 15 is 0 Å². The summed E-state index contributed by atoms with van der Waals surface area (Å²) in [4.78, 5) is 38.6. The zero-order valence-electron chi connectivity index (χ0n) is 15.2. The molecule has 3 rings (SSSR count). The number of benzene rings is 2. The fourth-order valence-corrected chi connectivity index (χ4v) is 3.25. The molecule has 1 fully saturated rings. The maximum Gasteiger partial charge on any atom is 0.321 e. The van der Waals surface area contributed by atoms with Gasteiger partial charge in [-0.3, -0.25) is 20.4 Å². The minimum Gasteiger partial charge on any atom is -0.324 e. The molecule has 0 spiro atoms. The van der Waals surface area contributed by atoms with Gasteiger partial charge in [-0.25, -0.2) is 4.79 Å². The lowest BCUT2D eigenvalue weighted by Gasteiger charge is -2.32. The Kier molecular flexibility index (Phi) is 6.49. The molecule has 2 aromatic carbocycles. The molecule has 28 heavy (non-hydrogen) atoms. The molecule has 0 aromatic heterocycles. The summed E-state index contributed by atoms with van der Waals surface area (Å²) >= 11 is 5.98. The summed E-state index contributed by atoms with van der Waals surface area (Å²) in [5.41, 5.74) is 5.79. The first kappa shape index (κ1) is 19.7. The second-order valence-corrected chi connectivity index (χ2v) is 6.91. The highest BCUT2D eigenvalue weighted by Gasteiger charge is 2.28. The van der Waals surface area contributed by atoms with Crippen LogP contribution in [0.2, 0.25) is 5.02 Å². The zero-order chi connectivity index (χ0) is 19.9. The van der Waals surface area contributed by atoms with Crippen molar-refractivity contribution in [3.63, 3.8) is 0 Å². The summed E-state index contributed by atoms with van der Waals surface area (Å²) in [6.45, 7) is 0.862. The van der Waals surface area contributed by atoms with Gasteiger partial charge >= 0.3 is 6.03 Å². The maximum absolute atomic E-state index is 12.4. The molecule has 7 nitrogen and oxygen atoms in total. The van der Waals surface area contributed by atoms with E-state index in [2.05, 4.69) is 16.2 Å². The Bertz CT molecular complexity index is 860. The predicted octanol–water partition coefficient (Wildman–Crippen LogP) is 3.05. The van der Waals surface area contributed by atoms with Gasteiger partial charge in [-0.1, -0.05) is 41.9 Å². The number of carbonyl (C=O) groups excluding carboxylic acids is 3. The summed E-state index contributed by atoms with van der Waals surface area (Å²) in [5, 5.41) is 3.12. The number of carbonyl (C=O) groups is 3. The molecule has 1 aliphatic rings. The van der Waals surface area contributed by atoms with Gasteiger partial charge in [0, 0.05) is 18.8 Å². The van der Waals surface area contributed by atoms with E-state index in [4.69, 9.17) is 11.6 Å². The number of nitrogens with one attached hydrogen (secondary N) is 3. The normalized spacial score (nSPS) is 16.2. The molecule has 3 N–H and O–H groups in total. The maximum atomic E-state index is 12.4. The van der Waals surface area contributed by atoms with Gasteiger partial charge < -0.3 is 10.2 Å². The third-order valence-corrected chi connectivity index (χ3v) is 4.85. The summed E-state index contributed by atoms with van der Waals surface area (Å²) in [6.07, 6.45) is 1.35. The Morgan fingerprint density at radius 1 is 0.964 bits per heavy atom. The monoisotopic (exact) mass is 400 g/mol. The molecule has 1 unspecified atom stereocenters. The quantitative estimate of drug-likeness (QED) is 0.691. The van der Waals surface area contributed by atoms with Gasteiger partial charge in [0.15, 0.2) is 0 Å². The molecular weight excluding hydrogens is 380 g/mol. The second kappa shape index (κ2) is 9.23. The number of anilines is 1. The lowest BCUT2D eigenvalue weighted by Crippen LogP contribution is -2.50. The van der Waals surface area contributed by atoms with Gasteiger partial charge in [0.25, 0.3) is 5.91 Å². The van der Waals surface area contributed by atoms with Crippen LogP contribution >= 0.6 is 11.6 Å². The van der Waals surface area contributed by atoms with Gasteiger partial charge in [-0.05, 0) is 37.1 Å². The minimum atomic E-state index is -0.492. The standard InChI is InChI=1S/C20H21ClN4O3/c21-17-11-5-4-10-16(17)19(27)24-23-18(26)14-7-6-12-25(13-14)20(28)22-15-8-2-1-3-9-15/h1-5,8-11,14H,6-7,12-13H2,(H,22,28)(H,23,26)(H,24,27). The van der Waals surface area contributed by atoms with E-state index in [9.17, 15) is 14.4 Å². The van der Waals surface area contributed by atoms with Crippen molar-refractivity contribution in [3.8, 4) is 0 Å². The highest BCUT2D eigenvalue weighted by Crippen LogP contribution is 2.18. The van der Waals surface area contributed by atoms with Gasteiger partial charge in [0.05, 0.1) is 16.5 Å². The number of rotatable bonds is 3. The Hall–Kier alpha value is -3.06. The predicted molar refractivity (Wildman–Crippen MR) is 107 cm³/mol. The lowest BCUT2D eigenvalue weighted by atomic mass is 9.98. The van der Waals surface area contributed by atoms with Crippen LogP contribution in [0.1, 0.15) is 23.2 Å². The summed E-state index contributed by atoms with van der Waals surface area (Å²) in [6, 6.07) is 15.5. The van der Waals surface area contributed by atoms with Crippen LogP contribution in [0.3, 0.4) is 0 Å². The molecule has 1 heterocycles. The van der Waals surface area contributed by atoms with Crippen molar-refractivity contribution < 1.29 is 14.4 Å². The van der Waals surface area contributed by atoms with E-state index < -0.39 is 11.8 Å². The van der Waals surface area contributed by atoms with Crippen molar-refractivity contribution in [2.45, 2.75) is 12.8 Å². The Morgan fingerprint density at radius 3 is 2.43 bits per heavy atom. The highest BCUT2D eigenvalue weighted by atomic mass is 35.5. The van der Waals surface area contributed by atoms with Crippen LogP contribution in [0.4, 0.5) is 10.5 Å². The number of hydrazine groups is 1. The van der Waals surface area contributed by atoms with Gasteiger partial charge in [-0.2, -0.15) is 0 Å². The van der Waals surface area contributed by atoms with E-state index in [1.807, 2.05) is 18.2 Å². The number of hydrogen-bond donors (Lipinski definition) is 3. The first-order valence-electron chi connectivity index (χ1n) is 9.00. The third kappa shape index (κ3) is 5.01. The van der Waals surface area contributed by atoms with Crippen LogP contribution in [-0.4, -0.2) is 35.8 Å². The van der Waals surface area contributed by atoms with E-state index in [1.165, 1.54) is 0 Å². The zero-order valence-corrected chi connectivity index (χ0v) is 15.9. The van der Waals surface area contributed by atoms with Gasteiger partial charge in [0.1, 0.15) is 0 Å². The molecule has 8 heteroatoms. The number of para-hydroxylation sites is 1. The van der Waals surface area contributed by atoms with Crippen LogP contribution in [0.5, 0.6) is 0 Å². The van der Waals surface area contributed by atoms with E-state index in [0.29, 0.717) is 30.1 Å². The molecule has 0 aliphatic carbocycles. The first-order chi connectivity index (χ1) is 13.5. The smallest absolute Gasteiger partial charge is 0.321 e. The van der Waals surface area contributed by atoms with Gasteiger partial charge in [-0.15, -0.1) is 0 Å². The molecule has 1 aliphatic heterocycles. The van der Waals surface area contributed by atoms with E-state index in [-0.39, 0.29) is 24.0 Å². The first-order valence-corrected chi connectivity index (χ1v) is 9.38. The van der Waals surface area contributed by atoms with Crippen LogP contribution in [0, 0.1) is 5.92 Å². The molecular formula is C20H21ClN4O3. The van der Waals surface area contributed by atoms with Crippen molar-refractivity contribution in [2.24, 2.45) is 5.92 Å². The summed E-state index contributed by atoms with van der Waals surface area (Å²) in [5.74, 6) is -1.23. The number of likely N-dealkylation sites (tertiary alicyclic amines) is 1. The molecule has 146 valence electrons. The number of piperidine rings is 1. The topological polar surface area (TPSA) is 90.5 Å². The number of halogens is 1. The average Bonchev–Trinajstić information content (AvgIpc) is 2.73. The van der Waals surface area contributed by atoms with Crippen molar-refractivity contribution >= 4 is 35.1 Å². The molecule has 4 amide bonds. The number of urea groups is 1. The SMILES string of the molecule is O=C(NNC(=O)C1CCCN(C(=O)Nc2ccccc2)C1)c1ccccc1Cl. The Morgan fingerprint density at radius 2 is 1.68 bits per heavy atom.